The minimum Gasteiger partial charge on any atom is -0.497 e. The molecule has 134 valence electrons. The lowest BCUT2D eigenvalue weighted by atomic mass is 10.1. The summed E-state index contributed by atoms with van der Waals surface area (Å²) in [5.41, 5.74) is 0.783. The average molecular weight is 382 g/mol. The molecule has 7 heteroatoms. The lowest BCUT2D eigenvalue weighted by molar-refractivity contribution is -0.112. The molecule has 3 aromatic rings. The number of benzene rings is 2. The number of amides is 1. The third-order valence-corrected chi connectivity index (χ3v) is 4.09. The van der Waals surface area contributed by atoms with Crippen LogP contribution in [0.15, 0.2) is 54.1 Å². The number of pyridine rings is 1. The van der Waals surface area contributed by atoms with Gasteiger partial charge in [-0.15, -0.1) is 0 Å². The van der Waals surface area contributed by atoms with E-state index < -0.39 is 11.7 Å². The van der Waals surface area contributed by atoms with Gasteiger partial charge in [-0.3, -0.25) is 4.79 Å². The number of fused-ring (bicyclic) bond motifs is 1. The van der Waals surface area contributed by atoms with Crippen molar-refractivity contribution in [2.45, 2.75) is 0 Å². The van der Waals surface area contributed by atoms with Crippen LogP contribution in [0.1, 0.15) is 5.56 Å². The largest absolute Gasteiger partial charge is 0.497 e. The van der Waals surface area contributed by atoms with Crippen LogP contribution >= 0.6 is 11.6 Å². The van der Waals surface area contributed by atoms with Crippen LogP contribution in [0.2, 0.25) is 5.15 Å². The number of nitrogens with one attached hydrogen (secondary N) is 1. The summed E-state index contributed by atoms with van der Waals surface area (Å²) in [6, 6.07) is 14.5. The summed E-state index contributed by atoms with van der Waals surface area (Å²) >= 11 is 6.18. The first kappa shape index (κ1) is 18.4. The van der Waals surface area contributed by atoms with E-state index in [2.05, 4.69) is 10.3 Å². The van der Waals surface area contributed by atoms with Crippen molar-refractivity contribution in [3.8, 4) is 11.8 Å². The first-order valence-corrected chi connectivity index (χ1v) is 8.21. The fourth-order valence-electron chi connectivity index (χ4n) is 2.43. The fraction of sp³-hybridized carbons (Fsp3) is 0.0500. The SMILES string of the molecule is COc1ccc2nc(Cl)c(/C=C(\C#N)C(=O)Nc3ccccc3F)cc2c1. The Morgan fingerprint density at radius 3 is 2.78 bits per heavy atom. The number of nitrogens with zero attached hydrogens (tertiary/aromatic N) is 2. The molecule has 1 heterocycles. The van der Waals surface area contributed by atoms with Gasteiger partial charge in [0, 0.05) is 10.9 Å². The smallest absolute Gasteiger partial charge is 0.266 e. The molecule has 3 rings (SSSR count). The van der Waals surface area contributed by atoms with Crippen LogP contribution in [0.5, 0.6) is 5.75 Å². The molecule has 0 spiro atoms. The lowest BCUT2D eigenvalue weighted by Gasteiger charge is -2.07. The first-order chi connectivity index (χ1) is 13.0. The van der Waals surface area contributed by atoms with Gasteiger partial charge in [0.2, 0.25) is 0 Å². The van der Waals surface area contributed by atoms with Crippen LogP contribution in [-0.2, 0) is 4.79 Å². The van der Waals surface area contributed by atoms with E-state index in [4.69, 9.17) is 16.3 Å². The second kappa shape index (κ2) is 7.85. The van der Waals surface area contributed by atoms with Gasteiger partial charge < -0.3 is 10.1 Å². The van der Waals surface area contributed by atoms with Gasteiger partial charge in [-0.1, -0.05) is 23.7 Å². The van der Waals surface area contributed by atoms with Crippen molar-refractivity contribution in [3.05, 3.63) is 70.6 Å². The summed E-state index contributed by atoms with van der Waals surface area (Å²) in [6.45, 7) is 0. The average Bonchev–Trinajstić information content (AvgIpc) is 2.67. The van der Waals surface area contributed by atoms with E-state index in [9.17, 15) is 14.4 Å². The molecule has 1 N–H and O–H groups in total. The molecule has 0 saturated heterocycles. The van der Waals surface area contributed by atoms with E-state index in [1.54, 1.807) is 43.5 Å². The number of hydrogen-bond acceptors (Lipinski definition) is 4. The lowest BCUT2D eigenvalue weighted by Crippen LogP contribution is -2.14. The monoisotopic (exact) mass is 381 g/mol. The number of nitriles is 1. The number of carbonyl (C=O) groups excluding carboxylic acids is 1. The number of para-hydroxylation sites is 1. The van der Waals surface area contributed by atoms with Crippen molar-refractivity contribution in [2.75, 3.05) is 12.4 Å². The number of rotatable bonds is 4. The Labute approximate surface area is 159 Å². The van der Waals surface area contributed by atoms with Gasteiger partial charge in [0.25, 0.3) is 5.91 Å². The summed E-state index contributed by atoms with van der Waals surface area (Å²) in [5, 5.41) is 12.6. The van der Waals surface area contributed by atoms with Crippen molar-refractivity contribution >= 4 is 40.2 Å². The van der Waals surface area contributed by atoms with Crippen molar-refractivity contribution < 1.29 is 13.9 Å². The van der Waals surface area contributed by atoms with E-state index in [1.807, 2.05) is 0 Å². The standard InChI is InChI=1S/C20H13ClFN3O2/c1-27-15-6-7-17-12(10-15)8-13(19(21)24-17)9-14(11-23)20(26)25-18-5-3-2-4-16(18)22/h2-10H,1H3,(H,25,26)/b14-9+. The highest BCUT2D eigenvalue weighted by Crippen LogP contribution is 2.26. The summed E-state index contributed by atoms with van der Waals surface area (Å²) in [4.78, 5) is 16.6. The second-order valence-electron chi connectivity index (χ2n) is 5.53. The number of hydrogen-bond donors (Lipinski definition) is 1. The summed E-state index contributed by atoms with van der Waals surface area (Å²) in [5.74, 6) is -0.704. The minimum atomic E-state index is -0.746. The van der Waals surface area contributed by atoms with Crippen molar-refractivity contribution in [1.29, 1.82) is 5.26 Å². The van der Waals surface area contributed by atoms with Gasteiger partial charge in [0.15, 0.2) is 0 Å². The first-order valence-electron chi connectivity index (χ1n) is 7.84. The van der Waals surface area contributed by atoms with E-state index in [1.165, 1.54) is 24.3 Å². The van der Waals surface area contributed by atoms with Gasteiger partial charge in [-0.05, 0) is 42.5 Å². The molecule has 0 fully saturated rings. The van der Waals surface area contributed by atoms with Crippen molar-refractivity contribution in [1.82, 2.24) is 4.98 Å². The Kier molecular flexibility index (Phi) is 5.34. The van der Waals surface area contributed by atoms with E-state index in [0.29, 0.717) is 16.8 Å². The maximum absolute atomic E-state index is 13.7. The number of ether oxygens (including phenoxy) is 1. The van der Waals surface area contributed by atoms with Gasteiger partial charge in [-0.25, -0.2) is 9.37 Å². The number of aromatic nitrogens is 1. The topological polar surface area (TPSA) is 75.0 Å². The van der Waals surface area contributed by atoms with Crippen molar-refractivity contribution in [2.24, 2.45) is 0 Å². The van der Waals surface area contributed by atoms with E-state index in [0.717, 1.165) is 5.39 Å². The number of carbonyl (C=O) groups is 1. The number of anilines is 1. The molecule has 0 atom stereocenters. The third kappa shape index (κ3) is 4.05. The molecule has 0 aliphatic carbocycles. The van der Waals surface area contributed by atoms with Gasteiger partial charge in [0.05, 0.1) is 18.3 Å². The molecule has 0 aliphatic rings. The van der Waals surface area contributed by atoms with E-state index >= 15 is 0 Å². The van der Waals surface area contributed by atoms with Crippen LogP contribution in [0.25, 0.3) is 17.0 Å². The van der Waals surface area contributed by atoms with Gasteiger partial charge in [-0.2, -0.15) is 5.26 Å². The quantitative estimate of drug-likeness (QED) is 0.407. The van der Waals surface area contributed by atoms with Crippen molar-refractivity contribution in [3.63, 3.8) is 0 Å². The molecule has 1 amide bonds. The Morgan fingerprint density at radius 1 is 1.30 bits per heavy atom. The zero-order valence-corrected chi connectivity index (χ0v) is 14.9. The molecule has 0 radical (unpaired) electrons. The molecular weight excluding hydrogens is 369 g/mol. The molecular formula is C20H13ClFN3O2. The predicted molar refractivity (Wildman–Crippen MR) is 102 cm³/mol. The molecule has 0 bridgehead atoms. The Hall–Kier alpha value is -3.43. The van der Waals surface area contributed by atoms with Crippen LogP contribution in [-0.4, -0.2) is 18.0 Å². The molecule has 0 saturated carbocycles. The zero-order chi connectivity index (χ0) is 19.4. The Balaban J connectivity index is 1.97. The molecule has 1 aromatic heterocycles. The fourth-order valence-corrected chi connectivity index (χ4v) is 2.63. The molecule has 5 nitrogen and oxygen atoms in total. The van der Waals surface area contributed by atoms with E-state index in [-0.39, 0.29) is 16.4 Å². The maximum Gasteiger partial charge on any atom is 0.266 e. The van der Waals surface area contributed by atoms with Crippen LogP contribution in [0.3, 0.4) is 0 Å². The normalized spacial score (nSPS) is 11.1. The van der Waals surface area contributed by atoms with Crippen LogP contribution in [0.4, 0.5) is 10.1 Å². The zero-order valence-electron chi connectivity index (χ0n) is 14.2. The summed E-state index contributed by atoms with van der Waals surface area (Å²) in [7, 11) is 1.55. The molecule has 0 unspecified atom stereocenters. The summed E-state index contributed by atoms with van der Waals surface area (Å²) in [6.07, 6.45) is 1.31. The third-order valence-electron chi connectivity index (χ3n) is 3.79. The van der Waals surface area contributed by atoms with Gasteiger partial charge >= 0.3 is 0 Å². The Morgan fingerprint density at radius 2 is 2.07 bits per heavy atom. The highest BCUT2D eigenvalue weighted by atomic mass is 35.5. The summed E-state index contributed by atoms with van der Waals surface area (Å²) < 4.78 is 18.9. The predicted octanol–water partition coefficient (Wildman–Crippen LogP) is 4.58. The van der Waals surface area contributed by atoms with Crippen LogP contribution < -0.4 is 10.1 Å². The Bertz CT molecular complexity index is 1110. The molecule has 0 aliphatic heterocycles. The molecule has 2 aromatic carbocycles. The molecule has 27 heavy (non-hydrogen) atoms. The highest BCUT2D eigenvalue weighted by molar-refractivity contribution is 6.31. The second-order valence-corrected chi connectivity index (χ2v) is 5.89. The highest BCUT2D eigenvalue weighted by Gasteiger charge is 2.13. The van der Waals surface area contributed by atoms with Gasteiger partial charge in [0.1, 0.15) is 28.4 Å². The maximum atomic E-state index is 13.7. The number of methoxy groups -OCH3 is 1. The van der Waals surface area contributed by atoms with Crippen LogP contribution in [0, 0.1) is 17.1 Å². The minimum absolute atomic E-state index is 0.0175. The number of halogens is 2.